The van der Waals surface area contributed by atoms with Crippen LogP contribution in [0.25, 0.3) is 0 Å². The van der Waals surface area contributed by atoms with Gasteiger partial charge in [0.15, 0.2) is 5.78 Å². The van der Waals surface area contributed by atoms with E-state index < -0.39 is 0 Å². The third kappa shape index (κ3) is 1.84. The number of hydrogen-bond acceptors (Lipinski definition) is 1. The Kier molecular flexibility index (Phi) is 3.27. The first kappa shape index (κ1) is 9.24. The maximum atomic E-state index is 11.4. The smallest absolute Gasteiger partial charge is 0.158 e. The summed E-state index contributed by atoms with van der Waals surface area (Å²) < 4.78 is 0. The number of hydrogen-bond donors (Lipinski definition) is 0. The molecule has 0 saturated carbocycles. The minimum absolute atomic E-state index is 0.330. The number of carbonyl (C=O) groups excluding carboxylic acids is 1. The van der Waals surface area contributed by atoms with Crippen molar-refractivity contribution in [1.82, 2.24) is 0 Å². The van der Waals surface area contributed by atoms with Crippen LogP contribution < -0.4 is 0 Å². The molecular weight excluding hydrogens is 148 g/mol. The van der Waals surface area contributed by atoms with E-state index in [2.05, 4.69) is 19.1 Å². The summed E-state index contributed by atoms with van der Waals surface area (Å²) in [5, 5.41) is 0. The molecule has 0 N–H and O–H groups in total. The zero-order valence-electron chi connectivity index (χ0n) is 7.89. The third-order valence-corrected chi connectivity index (χ3v) is 2.31. The normalized spacial score (nSPS) is 16.8. The van der Waals surface area contributed by atoms with Crippen LogP contribution in [0, 0.1) is 0 Å². The molecule has 0 spiro atoms. The molecule has 0 heterocycles. The molecule has 0 bridgehead atoms. The van der Waals surface area contributed by atoms with Crippen LogP contribution in [0.1, 0.15) is 39.5 Å². The van der Waals surface area contributed by atoms with Crippen molar-refractivity contribution in [2.45, 2.75) is 39.5 Å². The average Bonchev–Trinajstić information content (AvgIpc) is 2.16. The van der Waals surface area contributed by atoms with E-state index in [1.54, 1.807) is 0 Å². The fourth-order valence-electron chi connectivity index (χ4n) is 1.58. The Bertz CT molecular complexity index is 233. The summed E-state index contributed by atoms with van der Waals surface area (Å²) in [7, 11) is 0. The van der Waals surface area contributed by atoms with Gasteiger partial charge in [-0.2, -0.15) is 0 Å². The Morgan fingerprint density at radius 3 is 2.83 bits per heavy atom. The summed E-state index contributed by atoms with van der Waals surface area (Å²) in [5.74, 6) is 0.330. The topological polar surface area (TPSA) is 17.1 Å². The van der Waals surface area contributed by atoms with Crippen molar-refractivity contribution in [1.29, 1.82) is 0 Å². The molecule has 0 aliphatic heterocycles. The Morgan fingerprint density at radius 1 is 1.50 bits per heavy atom. The van der Waals surface area contributed by atoms with Gasteiger partial charge in [-0.15, -0.1) is 0 Å². The first-order chi connectivity index (χ1) is 5.79. The molecule has 1 rings (SSSR count). The van der Waals surface area contributed by atoms with Crippen molar-refractivity contribution in [3.63, 3.8) is 0 Å². The molecule has 0 unspecified atom stereocenters. The van der Waals surface area contributed by atoms with Gasteiger partial charge in [0, 0.05) is 6.42 Å². The number of rotatable bonds is 3. The molecule has 1 aliphatic carbocycles. The number of carbonyl (C=O) groups is 1. The maximum absolute atomic E-state index is 11.4. The largest absolute Gasteiger partial charge is 0.295 e. The Hall–Kier alpha value is -0.850. The molecule has 0 aromatic heterocycles. The van der Waals surface area contributed by atoms with Gasteiger partial charge in [0.05, 0.1) is 0 Å². The molecular formula is C11H16O. The molecule has 0 radical (unpaired) electrons. The van der Waals surface area contributed by atoms with Gasteiger partial charge in [-0.3, -0.25) is 4.79 Å². The van der Waals surface area contributed by atoms with Crippen LogP contribution in [0.4, 0.5) is 0 Å². The van der Waals surface area contributed by atoms with Crippen molar-refractivity contribution in [3.05, 3.63) is 23.3 Å². The van der Waals surface area contributed by atoms with Crippen molar-refractivity contribution in [3.8, 4) is 0 Å². The van der Waals surface area contributed by atoms with E-state index in [9.17, 15) is 4.79 Å². The van der Waals surface area contributed by atoms with Crippen LogP contribution in [-0.2, 0) is 4.79 Å². The fourth-order valence-corrected chi connectivity index (χ4v) is 1.58. The van der Waals surface area contributed by atoms with Crippen molar-refractivity contribution in [2.75, 3.05) is 0 Å². The molecule has 1 nitrogen and oxygen atoms in total. The van der Waals surface area contributed by atoms with Gasteiger partial charge in [-0.1, -0.05) is 26.0 Å². The van der Waals surface area contributed by atoms with E-state index in [0.29, 0.717) is 12.2 Å². The van der Waals surface area contributed by atoms with E-state index in [4.69, 9.17) is 0 Å². The number of Topliss-reactive ketones (excluding diaryl/α,β-unsaturated/α-hetero) is 1. The lowest BCUT2D eigenvalue weighted by molar-refractivity contribution is -0.115. The van der Waals surface area contributed by atoms with Crippen LogP contribution in [0.5, 0.6) is 0 Å². The molecule has 1 heteroatoms. The monoisotopic (exact) mass is 164 g/mol. The summed E-state index contributed by atoms with van der Waals surface area (Å²) in [6.45, 7) is 4.04. The highest BCUT2D eigenvalue weighted by Crippen LogP contribution is 2.22. The minimum Gasteiger partial charge on any atom is -0.295 e. The third-order valence-electron chi connectivity index (χ3n) is 2.31. The molecule has 0 saturated heterocycles. The van der Waals surface area contributed by atoms with Crippen molar-refractivity contribution >= 4 is 5.78 Å². The molecule has 0 fully saturated rings. The second kappa shape index (κ2) is 4.24. The quantitative estimate of drug-likeness (QED) is 0.626. The zero-order valence-corrected chi connectivity index (χ0v) is 7.89. The predicted octanol–water partition coefficient (Wildman–Crippen LogP) is 3.02. The second-order valence-electron chi connectivity index (χ2n) is 3.08. The van der Waals surface area contributed by atoms with Crippen LogP contribution in [0.2, 0.25) is 0 Å². The Labute approximate surface area is 74.2 Å². The highest BCUT2D eigenvalue weighted by atomic mass is 16.1. The Morgan fingerprint density at radius 2 is 2.25 bits per heavy atom. The lowest BCUT2D eigenvalue weighted by Gasteiger charge is -2.12. The van der Waals surface area contributed by atoms with Gasteiger partial charge in [-0.25, -0.2) is 0 Å². The molecule has 0 atom stereocenters. The summed E-state index contributed by atoms with van der Waals surface area (Å²) >= 11 is 0. The van der Waals surface area contributed by atoms with Gasteiger partial charge in [-0.05, 0) is 30.4 Å². The van der Waals surface area contributed by atoms with E-state index in [0.717, 1.165) is 24.8 Å². The first-order valence-corrected chi connectivity index (χ1v) is 4.71. The van der Waals surface area contributed by atoms with Gasteiger partial charge >= 0.3 is 0 Å². The number of allylic oxidation sites excluding steroid dienone is 4. The average molecular weight is 164 g/mol. The van der Waals surface area contributed by atoms with Gasteiger partial charge in [0.25, 0.3) is 0 Å². The standard InChI is InChI=1S/C11H16O/c1-3-9-7-5-6-8-10(9)11(12)4-2/h5,7H,3-4,6,8H2,1-2H3. The van der Waals surface area contributed by atoms with Crippen LogP contribution in [0.15, 0.2) is 23.3 Å². The van der Waals surface area contributed by atoms with E-state index >= 15 is 0 Å². The van der Waals surface area contributed by atoms with Gasteiger partial charge in [0.2, 0.25) is 0 Å². The maximum Gasteiger partial charge on any atom is 0.158 e. The summed E-state index contributed by atoms with van der Waals surface area (Å²) in [5.41, 5.74) is 2.32. The van der Waals surface area contributed by atoms with Crippen molar-refractivity contribution < 1.29 is 4.79 Å². The lowest BCUT2D eigenvalue weighted by Crippen LogP contribution is -2.05. The molecule has 0 aromatic carbocycles. The van der Waals surface area contributed by atoms with Gasteiger partial charge in [0.1, 0.15) is 0 Å². The number of ketones is 1. The van der Waals surface area contributed by atoms with Crippen LogP contribution >= 0.6 is 0 Å². The highest BCUT2D eigenvalue weighted by Gasteiger charge is 2.12. The van der Waals surface area contributed by atoms with E-state index in [1.807, 2.05) is 6.92 Å². The lowest BCUT2D eigenvalue weighted by atomic mass is 9.92. The fraction of sp³-hybridized carbons (Fsp3) is 0.545. The summed E-state index contributed by atoms with van der Waals surface area (Å²) in [6.07, 6.45) is 7.87. The van der Waals surface area contributed by atoms with E-state index in [-0.39, 0.29) is 0 Å². The molecule has 1 aliphatic rings. The molecule has 0 amide bonds. The Balaban J connectivity index is 2.88. The molecule has 0 aromatic rings. The van der Waals surface area contributed by atoms with Gasteiger partial charge < -0.3 is 0 Å². The van der Waals surface area contributed by atoms with Crippen LogP contribution in [-0.4, -0.2) is 5.78 Å². The predicted molar refractivity (Wildman–Crippen MR) is 51.0 cm³/mol. The summed E-state index contributed by atoms with van der Waals surface area (Å²) in [4.78, 5) is 11.4. The first-order valence-electron chi connectivity index (χ1n) is 4.71. The van der Waals surface area contributed by atoms with Crippen LogP contribution in [0.3, 0.4) is 0 Å². The minimum atomic E-state index is 0.330. The molecule has 66 valence electrons. The SMILES string of the molecule is CCC(=O)C1=C(CC)C=CCC1. The second-order valence-corrected chi connectivity index (χ2v) is 3.08. The highest BCUT2D eigenvalue weighted by molar-refractivity contribution is 5.96. The summed E-state index contributed by atoms with van der Waals surface area (Å²) in [6, 6.07) is 0. The zero-order chi connectivity index (χ0) is 8.97. The van der Waals surface area contributed by atoms with Crippen molar-refractivity contribution in [2.24, 2.45) is 0 Å². The molecule has 12 heavy (non-hydrogen) atoms. The van der Waals surface area contributed by atoms with E-state index in [1.165, 1.54) is 5.57 Å².